The Bertz CT molecular complexity index is 857. The Hall–Kier alpha value is -1.92. The molecular weight excluding hydrogens is 398 g/mol. The van der Waals surface area contributed by atoms with E-state index in [0.29, 0.717) is 16.7 Å². The number of carbonyl (C=O) groups is 1. The summed E-state index contributed by atoms with van der Waals surface area (Å²) in [5.74, 6) is -0.106. The van der Waals surface area contributed by atoms with Gasteiger partial charge in [0.15, 0.2) is 0 Å². The summed E-state index contributed by atoms with van der Waals surface area (Å²) in [7, 11) is 0. The van der Waals surface area contributed by atoms with Gasteiger partial charge < -0.3 is 10.1 Å². The van der Waals surface area contributed by atoms with Crippen molar-refractivity contribution in [3.8, 4) is 0 Å². The maximum atomic E-state index is 12.5. The molecule has 5 nitrogen and oxygen atoms in total. The molecule has 0 bridgehead atoms. The Morgan fingerprint density at radius 2 is 1.83 bits per heavy atom. The van der Waals surface area contributed by atoms with Gasteiger partial charge in [0.2, 0.25) is 0 Å². The van der Waals surface area contributed by atoms with E-state index >= 15 is 0 Å². The number of nitrogens with one attached hydrogen (secondary N) is 1. The number of rotatable bonds is 6. The quantitative estimate of drug-likeness (QED) is 0.750. The Morgan fingerprint density at radius 1 is 1.10 bits per heavy atom. The van der Waals surface area contributed by atoms with Gasteiger partial charge >= 0.3 is 0 Å². The fourth-order valence-electron chi connectivity index (χ4n) is 4.15. The summed E-state index contributed by atoms with van der Waals surface area (Å²) in [6.07, 6.45) is 2.85. The van der Waals surface area contributed by atoms with Crippen LogP contribution in [0.25, 0.3) is 0 Å². The third-order valence-electron chi connectivity index (χ3n) is 5.99. The highest BCUT2D eigenvalue weighted by Gasteiger charge is 2.22. The van der Waals surface area contributed by atoms with Gasteiger partial charge in [0.25, 0.3) is 5.91 Å². The summed E-state index contributed by atoms with van der Waals surface area (Å²) >= 11 is 6.05. The summed E-state index contributed by atoms with van der Waals surface area (Å²) < 4.78 is 5.76. The number of benzene rings is 2. The van der Waals surface area contributed by atoms with Gasteiger partial charge in [-0.15, -0.1) is 0 Å². The van der Waals surface area contributed by atoms with Crippen molar-refractivity contribution < 1.29 is 9.53 Å². The van der Waals surface area contributed by atoms with Gasteiger partial charge in [0.1, 0.15) is 0 Å². The third-order valence-corrected chi connectivity index (χ3v) is 6.41. The van der Waals surface area contributed by atoms with Crippen LogP contribution in [0.5, 0.6) is 0 Å². The zero-order valence-corrected chi connectivity index (χ0v) is 18.3. The average molecular weight is 428 g/mol. The molecule has 2 aliphatic heterocycles. The number of amides is 1. The van der Waals surface area contributed by atoms with Crippen molar-refractivity contribution in [2.45, 2.75) is 32.4 Å². The number of hydrogen-bond donors (Lipinski definition) is 1. The van der Waals surface area contributed by atoms with Crippen molar-refractivity contribution in [2.75, 3.05) is 44.6 Å². The normalized spacial score (nSPS) is 20.4. The zero-order chi connectivity index (χ0) is 20.9. The second kappa shape index (κ2) is 9.92. The topological polar surface area (TPSA) is 44.8 Å². The van der Waals surface area contributed by atoms with E-state index in [4.69, 9.17) is 16.3 Å². The van der Waals surface area contributed by atoms with Crippen LogP contribution in [-0.2, 0) is 11.3 Å². The highest BCUT2D eigenvalue weighted by atomic mass is 35.5. The van der Waals surface area contributed by atoms with Crippen LogP contribution in [-0.4, -0.2) is 61.1 Å². The second-order valence-electron chi connectivity index (χ2n) is 8.33. The van der Waals surface area contributed by atoms with Crippen molar-refractivity contribution >= 4 is 23.2 Å². The SMILES string of the molecule is Cc1cc(NC(=O)c2ccc(CN3CCN(C[C@@H]4CCCO4)CC3)cc2)ccc1Cl. The van der Waals surface area contributed by atoms with Gasteiger partial charge in [0, 0.05) is 62.1 Å². The molecule has 1 atom stereocenters. The molecule has 2 saturated heterocycles. The van der Waals surface area contributed by atoms with Gasteiger partial charge in [-0.05, 0) is 61.2 Å². The number of halogens is 1. The molecule has 0 radical (unpaired) electrons. The van der Waals surface area contributed by atoms with E-state index in [1.54, 1.807) is 6.07 Å². The number of piperazine rings is 1. The Balaban J connectivity index is 1.25. The van der Waals surface area contributed by atoms with Gasteiger partial charge in [0.05, 0.1) is 6.10 Å². The largest absolute Gasteiger partial charge is 0.377 e. The molecule has 2 heterocycles. The van der Waals surface area contributed by atoms with Crippen molar-refractivity contribution in [3.63, 3.8) is 0 Å². The molecule has 1 amide bonds. The maximum absolute atomic E-state index is 12.5. The molecule has 6 heteroatoms. The van der Waals surface area contributed by atoms with E-state index in [1.807, 2.05) is 31.2 Å². The number of carbonyl (C=O) groups excluding carboxylic acids is 1. The molecule has 2 aromatic rings. The predicted molar refractivity (Wildman–Crippen MR) is 121 cm³/mol. The number of anilines is 1. The lowest BCUT2D eigenvalue weighted by atomic mass is 10.1. The van der Waals surface area contributed by atoms with Crippen molar-refractivity contribution in [1.29, 1.82) is 0 Å². The van der Waals surface area contributed by atoms with Crippen LogP contribution in [0, 0.1) is 6.92 Å². The highest BCUT2D eigenvalue weighted by Crippen LogP contribution is 2.20. The molecule has 0 aliphatic carbocycles. The lowest BCUT2D eigenvalue weighted by molar-refractivity contribution is 0.0489. The molecule has 4 rings (SSSR count). The van der Waals surface area contributed by atoms with Crippen LogP contribution in [0.4, 0.5) is 5.69 Å². The number of aryl methyl sites for hydroxylation is 1. The highest BCUT2D eigenvalue weighted by molar-refractivity contribution is 6.31. The zero-order valence-electron chi connectivity index (χ0n) is 17.6. The van der Waals surface area contributed by atoms with Gasteiger partial charge in [-0.25, -0.2) is 0 Å². The third kappa shape index (κ3) is 5.61. The molecule has 1 N–H and O–H groups in total. The van der Waals surface area contributed by atoms with Crippen molar-refractivity contribution in [1.82, 2.24) is 9.80 Å². The Kier molecular flexibility index (Phi) is 7.05. The van der Waals surface area contributed by atoms with E-state index in [0.717, 1.165) is 57.1 Å². The number of nitrogens with zero attached hydrogens (tertiary/aromatic N) is 2. The summed E-state index contributed by atoms with van der Waals surface area (Å²) in [5.41, 5.74) is 3.60. The van der Waals surface area contributed by atoms with E-state index < -0.39 is 0 Å². The monoisotopic (exact) mass is 427 g/mol. The first-order valence-electron chi connectivity index (χ1n) is 10.8. The summed E-state index contributed by atoms with van der Waals surface area (Å²) in [6, 6.07) is 13.4. The van der Waals surface area contributed by atoms with Gasteiger partial charge in [-0.3, -0.25) is 14.6 Å². The fraction of sp³-hybridized carbons (Fsp3) is 0.458. The molecule has 0 aromatic heterocycles. The minimum atomic E-state index is -0.106. The van der Waals surface area contributed by atoms with Crippen LogP contribution in [0.3, 0.4) is 0 Å². The number of ether oxygens (including phenoxy) is 1. The molecule has 0 unspecified atom stereocenters. The second-order valence-corrected chi connectivity index (χ2v) is 8.73. The van der Waals surface area contributed by atoms with Crippen LogP contribution in [0.2, 0.25) is 5.02 Å². The molecule has 2 aliphatic rings. The van der Waals surface area contributed by atoms with E-state index in [2.05, 4.69) is 27.2 Å². The maximum Gasteiger partial charge on any atom is 0.255 e. The predicted octanol–water partition coefficient (Wildman–Crippen LogP) is 4.20. The van der Waals surface area contributed by atoms with Crippen molar-refractivity contribution in [2.24, 2.45) is 0 Å². The van der Waals surface area contributed by atoms with Crippen molar-refractivity contribution in [3.05, 3.63) is 64.2 Å². The minimum Gasteiger partial charge on any atom is -0.377 e. The lowest BCUT2D eigenvalue weighted by Gasteiger charge is -2.35. The summed E-state index contributed by atoms with van der Waals surface area (Å²) in [4.78, 5) is 17.5. The Labute approximate surface area is 184 Å². The number of hydrogen-bond acceptors (Lipinski definition) is 4. The van der Waals surface area contributed by atoms with Crippen LogP contribution in [0.1, 0.15) is 34.3 Å². The van der Waals surface area contributed by atoms with E-state index in [-0.39, 0.29) is 5.91 Å². The van der Waals surface area contributed by atoms with Crippen LogP contribution < -0.4 is 5.32 Å². The molecule has 2 aromatic carbocycles. The smallest absolute Gasteiger partial charge is 0.255 e. The van der Waals surface area contributed by atoms with Gasteiger partial charge in [-0.1, -0.05) is 23.7 Å². The summed E-state index contributed by atoms with van der Waals surface area (Å²) in [5, 5.41) is 3.64. The fourth-order valence-corrected chi connectivity index (χ4v) is 4.27. The lowest BCUT2D eigenvalue weighted by Crippen LogP contribution is -2.48. The van der Waals surface area contributed by atoms with E-state index in [1.165, 1.54) is 18.4 Å². The first kappa shape index (κ1) is 21.3. The molecule has 30 heavy (non-hydrogen) atoms. The molecule has 160 valence electrons. The van der Waals surface area contributed by atoms with Crippen LogP contribution >= 0.6 is 11.6 Å². The molecular formula is C24H30ClN3O2. The minimum absolute atomic E-state index is 0.106. The Morgan fingerprint density at radius 3 is 2.50 bits per heavy atom. The summed E-state index contributed by atoms with van der Waals surface area (Å²) in [6.45, 7) is 9.20. The average Bonchev–Trinajstić information content (AvgIpc) is 3.26. The standard InChI is InChI=1S/C24H30ClN3O2/c1-18-15-21(8-9-23(18)25)26-24(29)20-6-4-19(5-7-20)16-27-10-12-28(13-11-27)17-22-3-2-14-30-22/h4-9,15,22H,2-3,10-14,16-17H2,1H3,(H,26,29)/t22-/m0/s1. The first-order valence-corrected chi connectivity index (χ1v) is 11.2. The molecule has 2 fully saturated rings. The van der Waals surface area contributed by atoms with E-state index in [9.17, 15) is 4.79 Å². The first-order chi connectivity index (χ1) is 14.6. The van der Waals surface area contributed by atoms with Gasteiger partial charge in [-0.2, -0.15) is 0 Å². The molecule has 0 saturated carbocycles. The molecule has 0 spiro atoms. The van der Waals surface area contributed by atoms with Crippen LogP contribution in [0.15, 0.2) is 42.5 Å².